The normalized spacial score (nSPS) is 17.3. The first-order chi connectivity index (χ1) is 29.1. The molecule has 2 aliphatic heterocycles. The molecule has 4 nitrogen and oxygen atoms in total. The minimum atomic E-state index is 0. The molecule has 0 bridgehead atoms. The summed E-state index contributed by atoms with van der Waals surface area (Å²) >= 11 is 0. The van der Waals surface area contributed by atoms with Gasteiger partial charge in [0.1, 0.15) is 0 Å². The quantitative estimate of drug-likeness (QED) is 0.128. The number of rotatable bonds is 10. The first kappa shape index (κ1) is 43.9. The van der Waals surface area contributed by atoms with E-state index in [1.807, 2.05) is 24.4 Å². The zero-order chi connectivity index (χ0) is 41.9. The Balaban J connectivity index is 0.000000181. The first-order valence-corrected chi connectivity index (χ1v) is 22.0. The summed E-state index contributed by atoms with van der Waals surface area (Å²) in [5, 5.41) is 5.37. The molecule has 5 heteroatoms. The van der Waals surface area contributed by atoms with Crippen molar-refractivity contribution in [1.29, 1.82) is 0 Å². The van der Waals surface area contributed by atoms with Crippen LogP contribution in [0.15, 0.2) is 146 Å². The van der Waals surface area contributed by atoms with Crippen molar-refractivity contribution >= 4 is 11.4 Å². The van der Waals surface area contributed by atoms with E-state index in [0.717, 1.165) is 29.9 Å². The van der Waals surface area contributed by atoms with Gasteiger partial charge in [0, 0.05) is 23.8 Å². The Labute approximate surface area is 378 Å². The van der Waals surface area contributed by atoms with E-state index in [4.69, 9.17) is 5.32 Å². The summed E-state index contributed by atoms with van der Waals surface area (Å²) < 4.78 is 2.24. The Kier molecular flexibility index (Phi) is 13.8. The van der Waals surface area contributed by atoms with Crippen LogP contribution in [0.2, 0.25) is 0 Å². The number of allylic oxidation sites excluding steroid dienone is 3. The van der Waals surface area contributed by atoms with E-state index in [-0.39, 0.29) is 32.2 Å². The molecule has 3 unspecified atom stereocenters. The number of anilines is 1. The van der Waals surface area contributed by atoms with Crippen molar-refractivity contribution in [3.8, 4) is 28.2 Å². The van der Waals surface area contributed by atoms with Gasteiger partial charge in [-0.2, -0.15) is 6.08 Å². The van der Waals surface area contributed by atoms with Gasteiger partial charge in [-0.05, 0) is 118 Å². The fourth-order valence-electron chi connectivity index (χ4n) is 9.23. The van der Waals surface area contributed by atoms with Gasteiger partial charge in [-0.1, -0.05) is 128 Å². The third-order valence-electron chi connectivity index (χ3n) is 11.9. The molecule has 1 aliphatic carbocycles. The Morgan fingerprint density at radius 1 is 0.721 bits per heavy atom. The molecule has 5 aromatic carbocycles. The molecule has 1 aromatic heterocycles. The number of aromatic nitrogens is 2. The van der Waals surface area contributed by atoms with E-state index in [2.05, 4.69) is 204 Å². The summed E-state index contributed by atoms with van der Waals surface area (Å²) in [4.78, 5) is 7.08. The largest absolute Gasteiger partial charge is 3.00 e. The third kappa shape index (κ3) is 9.20. The zero-order valence-corrected chi connectivity index (χ0v) is 39.3. The summed E-state index contributed by atoms with van der Waals surface area (Å²) in [6, 6.07) is 42.4. The molecule has 6 aromatic rings. The number of para-hydroxylation sites is 1. The van der Waals surface area contributed by atoms with Crippen LogP contribution in [0, 0.1) is 29.9 Å². The van der Waals surface area contributed by atoms with Crippen LogP contribution in [0.3, 0.4) is 0 Å². The molecule has 312 valence electrons. The predicted octanol–water partition coefficient (Wildman–Crippen LogP) is 14.5. The van der Waals surface area contributed by atoms with Gasteiger partial charge in [-0.3, -0.25) is 11.1 Å². The molecule has 61 heavy (non-hydrogen) atoms. The third-order valence-corrected chi connectivity index (χ3v) is 11.9. The molecule has 0 spiro atoms. The molecular weight excluding hydrogens is 921 g/mol. The maximum atomic E-state index is 5.37. The first-order valence-electron chi connectivity index (χ1n) is 22.0. The van der Waals surface area contributed by atoms with Gasteiger partial charge in [-0.15, -0.1) is 41.6 Å². The number of imidazole rings is 1. The van der Waals surface area contributed by atoms with Gasteiger partial charge >= 0.3 is 20.1 Å². The van der Waals surface area contributed by atoms with Crippen molar-refractivity contribution in [1.82, 2.24) is 9.55 Å². The number of nitrogens with zero attached hydrogens (tertiary/aromatic N) is 4. The van der Waals surface area contributed by atoms with Crippen LogP contribution in [0.25, 0.3) is 39.2 Å². The topological polar surface area (TPSA) is 35.2 Å². The molecule has 3 atom stereocenters. The van der Waals surface area contributed by atoms with Crippen LogP contribution < -0.4 is 4.90 Å². The van der Waals surface area contributed by atoms with Gasteiger partial charge in [0.05, 0.1) is 5.82 Å². The van der Waals surface area contributed by atoms with E-state index in [1.54, 1.807) is 0 Å². The van der Waals surface area contributed by atoms with Crippen molar-refractivity contribution in [2.24, 2.45) is 17.8 Å². The molecular formula is C56H59IrN4. The van der Waals surface area contributed by atoms with Crippen LogP contribution in [0.5, 0.6) is 0 Å². The van der Waals surface area contributed by atoms with Crippen LogP contribution in [0.4, 0.5) is 5.69 Å². The number of benzene rings is 5. The summed E-state index contributed by atoms with van der Waals surface area (Å²) in [5.74, 6) is 3.54. The molecule has 0 saturated carbocycles. The number of hydrogen-bond acceptors (Lipinski definition) is 2. The fourth-order valence-corrected chi connectivity index (χ4v) is 9.23. The Morgan fingerprint density at radius 3 is 2.02 bits per heavy atom. The van der Waals surface area contributed by atoms with Gasteiger partial charge in [0.25, 0.3) is 0 Å². The summed E-state index contributed by atoms with van der Waals surface area (Å²) in [7, 11) is 0. The second kappa shape index (κ2) is 19.2. The van der Waals surface area contributed by atoms with E-state index in [9.17, 15) is 0 Å². The van der Waals surface area contributed by atoms with Gasteiger partial charge < -0.3 is 14.8 Å². The van der Waals surface area contributed by atoms with Gasteiger partial charge in [0.15, 0.2) is 0 Å². The molecule has 3 aliphatic rings. The SMILES string of the molecule is CC(C)Cc1cccc(CC(C)C)c1C1=CN2c3ccccc3C3C=CC=[C-]C3C2[N-]1.CC(C)c1cc(-c2ccccc2)cc(C(C)C)c1-n1ccnc1-c1[c-]cccc1.[Ir+3]. The van der Waals surface area contributed by atoms with Crippen molar-refractivity contribution in [2.75, 3.05) is 4.90 Å². The second-order valence-electron chi connectivity index (χ2n) is 18.0. The average molecular weight is 980 g/mol. The molecule has 0 fully saturated rings. The van der Waals surface area contributed by atoms with E-state index >= 15 is 0 Å². The van der Waals surface area contributed by atoms with Crippen LogP contribution in [0.1, 0.15) is 107 Å². The predicted molar refractivity (Wildman–Crippen MR) is 252 cm³/mol. The minimum Gasteiger partial charge on any atom is -0.664 e. The molecule has 9 rings (SSSR count). The molecule has 3 heterocycles. The number of hydrogen-bond donors (Lipinski definition) is 0. The maximum absolute atomic E-state index is 5.37. The molecule has 0 N–H and O–H groups in total. The Morgan fingerprint density at radius 2 is 1.38 bits per heavy atom. The molecule has 0 saturated heterocycles. The van der Waals surface area contributed by atoms with E-state index in [0.29, 0.717) is 29.6 Å². The maximum Gasteiger partial charge on any atom is 3.00 e. The van der Waals surface area contributed by atoms with Crippen molar-refractivity contribution in [2.45, 2.75) is 92.2 Å². The summed E-state index contributed by atoms with van der Waals surface area (Å²) in [6.45, 7) is 18.3. The van der Waals surface area contributed by atoms with Crippen molar-refractivity contribution in [3.05, 3.63) is 197 Å². The number of fused-ring (bicyclic) bond motifs is 6. The summed E-state index contributed by atoms with van der Waals surface area (Å²) in [6.07, 6.45) is 18.6. The monoisotopic (exact) mass is 980 g/mol. The average Bonchev–Trinajstić information content (AvgIpc) is 3.93. The van der Waals surface area contributed by atoms with E-state index in [1.165, 1.54) is 55.9 Å². The van der Waals surface area contributed by atoms with Crippen LogP contribution >= 0.6 is 0 Å². The molecule has 0 radical (unpaired) electrons. The van der Waals surface area contributed by atoms with Crippen molar-refractivity contribution < 1.29 is 20.1 Å². The standard InChI is InChI=1S/C29H32N2.C27H27N2.Ir/c1-19(2)16-21-10-9-11-22(17-20(3)4)28(21)26-18-31-27-15-8-7-13-24(27)23-12-5-6-14-25(23)29(31)30-26;1-19(2)24-17-23(21-11-7-5-8-12-21)18-25(20(3)4)26(24)29-16-15-28-27(29)22-13-9-6-10-14-22;/h5-13,15,18-20,23,25,29H,16-17H2,1-4H3;5-13,15-20H,1-4H3;/q-2;-1;+3. The fraction of sp³-hybridized carbons (Fsp3) is 0.304. The molecule has 0 amide bonds. The summed E-state index contributed by atoms with van der Waals surface area (Å²) in [5.41, 5.74) is 15.5. The van der Waals surface area contributed by atoms with Crippen LogP contribution in [-0.4, -0.2) is 15.7 Å². The Hall–Kier alpha value is -5.22. The van der Waals surface area contributed by atoms with Gasteiger partial charge in [-0.25, -0.2) is 12.2 Å². The van der Waals surface area contributed by atoms with Gasteiger partial charge in [0.2, 0.25) is 0 Å². The minimum absolute atomic E-state index is 0. The van der Waals surface area contributed by atoms with Crippen molar-refractivity contribution in [3.63, 3.8) is 0 Å². The second-order valence-corrected chi connectivity index (χ2v) is 18.0. The zero-order valence-electron chi connectivity index (χ0n) is 36.9. The smallest absolute Gasteiger partial charge is 0.664 e. The Bertz CT molecular complexity index is 2450. The van der Waals surface area contributed by atoms with Crippen LogP contribution in [-0.2, 0) is 32.9 Å². The van der Waals surface area contributed by atoms with E-state index < -0.39 is 0 Å².